The van der Waals surface area contributed by atoms with E-state index in [1.165, 1.54) is 85.9 Å². The summed E-state index contributed by atoms with van der Waals surface area (Å²) in [4.78, 5) is 40.8. The Kier molecular flexibility index (Phi) is 69.7. The fraction of sp³-hybridized carbons (Fsp3) is 0.615. The summed E-state index contributed by atoms with van der Waals surface area (Å²) in [7, 11) is 9.88. The number of hydrogen-bond acceptors (Lipinski definition) is 6. The van der Waals surface area contributed by atoms with E-state index in [2.05, 4.69) is 40.8 Å². The molecule has 6 rings (SSSR count). The van der Waals surface area contributed by atoms with Gasteiger partial charge in [0.1, 0.15) is 0 Å². The quantitative estimate of drug-likeness (QED) is 0.284. The van der Waals surface area contributed by atoms with E-state index in [9.17, 15) is 14.4 Å². The van der Waals surface area contributed by atoms with Crippen molar-refractivity contribution in [1.82, 2.24) is 28.8 Å². The molecule has 9 nitrogen and oxygen atoms in total. The number of pyridine rings is 3. The minimum atomic E-state index is -0.0532. The van der Waals surface area contributed by atoms with Crippen molar-refractivity contribution in [2.24, 2.45) is 14.1 Å². The Labute approximate surface area is 320 Å². The second-order valence-electron chi connectivity index (χ2n) is 9.50. The lowest BCUT2D eigenvalue weighted by Crippen LogP contribution is -2.32. The maximum atomic E-state index is 10.6. The van der Waals surface area contributed by atoms with Crippen molar-refractivity contribution in [3.63, 3.8) is 0 Å². The Morgan fingerprint density at radius 1 is 0.431 bits per heavy atom. The van der Waals surface area contributed by atoms with E-state index < -0.39 is 0 Å². The van der Waals surface area contributed by atoms with Crippen LogP contribution in [-0.2, 0) is 14.1 Å². The topological polar surface area (TPSA) is 86.6 Å². The Hall–Kier alpha value is -3.08. The molecule has 0 aliphatic carbocycles. The van der Waals surface area contributed by atoms with Crippen molar-refractivity contribution in [3.8, 4) is 0 Å². The Morgan fingerprint density at radius 2 is 0.686 bits per heavy atom. The van der Waals surface area contributed by atoms with Crippen LogP contribution < -0.4 is 16.7 Å². The summed E-state index contributed by atoms with van der Waals surface area (Å²) >= 11 is 0. The van der Waals surface area contributed by atoms with Crippen LogP contribution in [0.1, 0.15) is 88.5 Å². The minimum Gasteiger partial charge on any atom is -0.329 e. The van der Waals surface area contributed by atoms with Gasteiger partial charge in [-0.2, -0.15) is 0 Å². The highest BCUT2D eigenvalue weighted by Gasteiger charge is 2.05. The molecule has 51 heavy (non-hydrogen) atoms. The second kappa shape index (κ2) is 53.7. The Balaban J connectivity index is -0.0000000688. The largest absolute Gasteiger partial charge is 0.329 e. The van der Waals surface area contributed by atoms with E-state index in [0.29, 0.717) is 0 Å². The molecule has 3 fully saturated rings. The van der Waals surface area contributed by atoms with Gasteiger partial charge in [-0.1, -0.05) is 87.4 Å². The summed E-state index contributed by atoms with van der Waals surface area (Å²) < 4.78 is 3.06. The van der Waals surface area contributed by atoms with Gasteiger partial charge in [-0.15, -0.1) is 0 Å². The zero-order valence-electron chi connectivity index (χ0n) is 35.5. The number of nitrogens with zero attached hydrogens (tertiary/aromatic N) is 5. The number of aromatic amines is 1. The van der Waals surface area contributed by atoms with E-state index >= 15 is 0 Å². The molecule has 3 aromatic rings. The maximum absolute atomic E-state index is 10.6. The SMILES string of the molecule is CC.CC.CC.CC.CC.CN1CCC1.CN1CCC1.CN1CCC1.Cn1ccccc1=O.Cn1ccccc1=O.O=c1cccc[nH]1.[B].[B].[B]. The third kappa shape index (κ3) is 46.9. The summed E-state index contributed by atoms with van der Waals surface area (Å²) in [5.74, 6) is 0. The lowest BCUT2D eigenvalue weighted by Gasteiger charge is -2.24. The van der Waals surface area contributed by atoms with Crippen LogP contribution in [0.2, 0.25) is 0 Å². The fourth-order valence-electron chi connectivity index (χ4n) is 2.82. The van der Waals surface area contributed by atoms with Crippen LogP contribution in [0.3, 0.4) is 0 Å². The number of nitrogens with one attached hydrogen (secondary N) is 1. The van der Waals surface area contributed by atoms with Gasteiger partial charge in [0.05, 0.1) is 0 Å². The summed E-state index contributed by atoms with van der Waals surface area (Å²) in [5.41, 5.74) is 0.0162. The van der Waals surface area contributed by atoms with E-state index in [0.717, 1.165) is 0 Å². The summed E-state index contributed by atoms with van der Waals surface area (Å²) in [5, 5.41) is 0. The van der Waals surface area contributed by atoms with E-state index in [-0.39, 0.29) is 41.9 Å². The first kappa shape index (κ1) is 66.2. The normalized spacial score (nSPS) is 12.2. The van der Waals surface area contributed by atoms with Gasteiger partial charge in [0.2, 0.25) is 16.7 Å². The molecule has 289 valence electrons. The van der Waals surface area contributed by atoms with E-state index in [1.807, 2.05) is 81.4 Å². The molecular weight excluding hydrogens is 633 g/mol. The van der Waals surface area contributed by atoms with Gasteiger partial charge in [-0.3, -0.25) is 14.4 Å². The van der Waals surface area contributed by atoms with Gasteiger partial charge in [0, 0.05) is 76.1 Å². The first-order valence-corrected chi connectivity index (χ1v) is 18.1. The van der Waals surface area contributed by atoms with Gasteiger partial charge in [0.25, 0.3) is 0 Å². The average Bonchev–Trinajstić information content (AvgIpc) is 3.11. The molecular formula is C39H76B3N6O3. The molecule has 3 aliphatic rings. The molecule has 0 amide bonds. The Morgan fingerprint density at radius 3 is 0.784 bits per heavy atom. The number of H-pyrrole nitrogens is 1. The number of likely N-dealkylation sites (tertiary alicyclic amines) is 3. The molecule has 3 aromatic heterocycles. The molecule has 12 heteroatoms. The van der Waals surface area contributed by atoms with Crippen molar-refractivity contribution in [1.29, 1.82) is 0 Å². The molecule has 9 radical (unpaired) electrons. The third-order valence-corrected chi connectivity index (χ3v) is 5.93. The number of aromatic nitrogens is 3. The van der Waals surface area contributed by atoms with Crippen molar-refractivity contribution in [2.45, 2.75) is 88.5 Å². The molecule has 3 saturated heterocycles. The maximum Gasteiger partial charge on any atom is 0.250 e. The third-order valence-electron chi connectivity index (χ3n) is 5.93. The molecule has 0 aromatic carbocycles. The van der Waals surface area contributed by atoms with E-state index in [4.69, 9.17) is 0 Å². The Bertz CT molecular complexity index is 1080. The van der Waals surface area contributed by atoms with Crippen LogP contribution in [0, 0.1) is 0 Å². The van der Waals surface area contributed by atoms with Crippen LogP contribution in [0.4, 0.5) is 0 Å². The highest BCUT2D eigenvalue weighted by Crippen LogP contribution is 1.99. The zero-order valence-corrected chi connectivity index (χ0v) is 35.5. The second-order valence-corrected chi connectivity index (χ2v) is 9.50. The lowest BCUT2D eigenvalue weighted by molar-refractivity contribution is 0.229. The highest BCUT2D eigenvalue weighted by molar-refractivity contribution is 5.76. The molecule has 0 unspecified atom stereocenters. The van der Waals surface area contributed by atoms with Crippen molar-refractivity contribution >= 4 is 25.2 Å². The number of rotatable bonds is 0. The van der Waals surface area contributed by atoms with Crippen LogP contribution in [0.5, 0.6) is 0 Å². The number of hydrogen-bond donors (Lipinski definition) is 1. The molecule has 0 spiro atoms. The molecule has 0 saturated carbocycles. The summed E-state index contributed by atoms with van der Waals surface area (Å²) in [6.45, 7) is 27.9. The van der Waals surface area contributed by atoms with Crippen molar-refractivity contribution in [2.75, 3.05) is 60.4 Å². The summed E-state index contributed by atoms with van der Waals surface area (Å²) in [6.07, 6.45) is 9.29. The van der Waals surface area contributed by atoms with E-state index in [1.54, 1.807) is 57.0 Å². The predicted octanol–water partition coefficient (Wildman–Crippen LogP) is 6.10. The van der Waals surface area contributed by atoms with Crippen LogP contribution in [0.25, 0.3) is 0 Å². The van der Waals surface area contributed by atoms with Gasteiger partial charge in [-0.05, 0) is 97.9 Å². The first-order valence-electron chi connectivity index (χ1n) is 18.1. The molecule has 3 aliphatic heterocycles. The first-order chi connectivity index (χ1) is 23.2. The van der Waals surface area contributed by atoms with Crippen LogP contribution in [-0.4, -0.2) is 114 Å². The molecule has 6 heterocycles. The van der Waals surface area contributed by atoms with Gasteiger partial charge in [-0.25, -0.2) is 0 Å². The average molecular weight is 710 g/mol. The van der Waals surface area contributed by atoms with Crippen molar-refractivity contribution in [3.05, 3.63) is 104 Å². The highest BCUT2D eigenvalue weighted by atomic mass is 16.1. The van der Waals surface area contributed by atoms with Crippen molar-refractivity contribution < 1.29 is 0 Å². The smallest absolute Gasteiger partial charge is 0.250 e. The van der Waals surface area contributed by atoms with Crippen LogP contribution >= 0.6 is 0 Å². The van der Waals surface area contributed by atoms with Gasteiger partial charge >= 0.3 is 0 Å². The lowest BCUT2D eigenvalue weighted by atomic mass is 10.2. The van der Waals surface area contributed by atoms with Gasteiger partial charge in [0.15, 0.2) is 0 Å². The molecule has 1 N–H and O–H groups in total. The fourth-order valence-corrected chi connectivity index (χ4v) is 2.82. The predicted molar refractivity (Wildman–Crippen MR) is 231 cm³/mol. The monoisotopic (exact) mass is 710 g/mol. The molecule has 0 atom stereocenters. The minimum absolute atomic E-state index is 0. The standard InChI is InChI=1S/2C6H7NO.C5H5NO.3C4H9N.5C2H6.3B/c2*1-7-5-3-2-4-6(7)8;7-5-3-1-2-4-6-5;3*1-5-3-2-4-5;5*1-2;;;/h2*2-5H,1H3;1-4H,(H,6,7);3*2-4H2,1H3;5*1-2H3;;;. The zero-order chi connectivity index (χ0) is 38.2. The number of aryl methyl sites for hydroxylation is 2. The van der Waals surface area contributed by atoms with Gasteiger partial charge < -0.3 is 28.8 Å². The molecule has 0 bridgehead atoms. The summed E-state index contributed by atoms with van der Waals surface area (Å²) in [6, 6.07) is 15.1. The van der Waals surface area contributed by atoms with Crippen LogP contribution in [0.15, 0.2) is 87.6 Å².